The zero-order valence-corrected chi connectivity index (χ0v) is 7.34. The van der Waals surface area contributed by atoms with Gasteiger partial charge in [0.1, 0.15) is 6.10 Å². The molecule has 0 saturated carbocycles. The number of rotatable bonds is 0. The maximum Gasteiger partial charge on any atom is 0.297 e. The molecule has 0 saturated heterocycles. The van der Waals surface area contributed by atoms with Gasteiger partial charge in [-0.05, 0) is 13.0 Å². The van der Waals surface area contributed by atoms with Crippen molar-refractivity contribution in [3.8, 4) is 0 Å². The van der Waals surface area contributed by atoms with Crippen molar-refractivity contribution in [2.75, 3.05) is 0 Å². The third kappa shape index (κ3) is 0.956. The molecule has 0 N–H and O–H groups in total. The van der Waals surface area contributed by atoms with E-state index >= 15 is 0 Å². The summed E-state index contributed by atoms with van der Waals surface area (Å²) in [6.45, 7) is 1.73. The second-order valence-electron chi connectivity index (χ2n) is 2.73. The van der Waals surface area contributed by atoms with Crippen LogP contribution in [0.25, 0.3) is 0 Å². The van der Waals surface area contributed by atoms with Gasteiger partial charge < -0.3 is 0 Å². The molecule has 0 aliphatic carbocycles. The van der Waals surface area contributed by atoms with Gasteiger partial charge >= 0.3 is 0 Å². The van der Waals surface area contributed by atoms with E-state index in [9.17, 15) is 8.42 Å². The quantitative estimate of drug-likeness (QED) is 0.573. The van der Waals surface area contributed by atoms with Crippen molar-refractivity contribution in [2.45, 2.75) is 17.9 Å². The Kier molecular flexibility index (Phi) is 1.49. The smallest absolute Gasteiger partial charge is 0.258 e. The highest BCUT2D eigenvalue weighted by molar-refractivity contribution is 7.87. The highest BCUT2D eigenvalue weighted by Gasteiger charge is 2.32. The van der Waals surface area contributed by atoms with Crippen LogP contribution in [0, 0.1) is 0 Å². The van der Waals surface area contributed by atoms with Gasteiger partial charge in [-0.25, -0.2) is 0 Å². The van der Waals surface area contributed by atoms with Crippen LogP contribution >= 0.6 is 0 Å². The lowest BCUT2D eigenvalue weighted by Crippen LogP contribution is -1.96. The van der Waals surface area contributed by atoms with Gasteiger partial charge in [-0.2, -0.15) is 8.42 Å². The molecule has 0 spiro atoms. The number of hydrogen-bond acceptors (Lipinski definition) is 3. The molecule has 0 fully saturated rings. The fourth-order valence-corrected chi connectivity index (χ4v) is 2.69. The highest BCUT2D eigenvalue weighted by Crippen LogP contribution is 2.35. The van der Waals surface area contributed by atoms with Crippen molar-refractivity contribution in [1.82, 2.24) is 0 Å². The van der Waals surface area contributed by atoms with Gasteiger partial charge in [-0.15, -0.1) is 0 Å². The molecule has 64 valence electrons. The molecule has 4 heteroatoms. The Labute approximate surface area is 71.1 Å². The van der Waals surface area contributed by atoms with E-state index < -0.39 is 10.1 Å². The Morgan fingerprint density at radius 2 is 2.00 bits per heavy atom. The Morgan fingerprint density at radius 1 is 1.33 bits per heavy atom. The molecule has 1 aromatic carbocycles. The third-order valence-electron chi connectivity index (χ3n) is 1.90. The summed E-state index contributed by atoms with van der Waals surface area (Å²) in [7, 11) is -3.45. The second-order valence-corrected chi connectivity index (χ2v) is 4.27. The molecule has 1 unspecified atom stereocenters. The van der Waals surface area contributed by atoms with Crippen molar-refractivity contribution in [3.05, 3.63) is 29.8 Å². The number of benzene rings is 1. The highest BCUT2D eigenvalue weighted by atomic mass is 32.2. The third-order valence-corrected chi connectivity index (χ3v) is 3.35. The van der Waals surface area contributed by atoms with Crippen LogP contribution in [0.15, 0.2) is 29.2 Å². The molecule has 1 aromatic rings. The Bertz CT molecular complexity index is 408. The number of fused-ring (bicyclic) bond motifs is 1. The summed E-state index contributed by atoms with van der Waals surface area (Å²) in [5, 5.41) is 0. The maximum atomic E-state index is 11.2. The monoisotopic (exact) mass is 184 g/mol. The summed E-state index contributed by atoms with van der Waals surface area (Å²) in [4.78, 5) is 0.303. The normalized spacial score (nSPS) is 25.2. The van der Waals surface area contributed by atoms with Crippen molar-refractivity contribution < 1.29 is 12.6 Å². The number of hydrogen-bond donors (Lipinski definition) is 0. The van der Waals surface area contributed by atoms with Crippen LogP contribution in [0.4, 0.5) is 0 Å². The SMILES string of the molecule is CC1OS(=O)(=O)c2ccccc21. The van der Waals surface area contributed by atoms with Crippen molar-refractivity contribution in [3.63, 3.8) is 0 Å². The zero-order valence-electron chi connectivity index (χ0n) is 6.52. The van der Waals surface area contributed by atoms with E-state index in [1.807, 2.05) is 0 Å². The minimum absolute atomic E-state index is 0.303. The molecule has 2 rings (SSSR count). The summed E-state index contributed by atoms with van der Waals surface area (Å²) >= 11 is 0. The van der Waals surface area contributed by atoms with Crippen LogP contribution in [0.1, 0.15) is 18.6 Å². The van der Waals surface area contributed by atoms with Gasteiger partial charge in [0.15, 0.2) is 0 Å². The largest absolute Gasteiger partial charge is 0.297 e. The van der Waals surface area contributed by atoms with E-state index in [4.69, 9.17) is 4.18 Å². The first-order chi connectivity index (χ1) is 5.61. The Balaban J connectivity index is 2.74. The summed E-state index contributed by atoms with van der Waals surface area (Å²) in [6, 6.07) is 6.83. The lowest BCUT2D eigenvalue weighted by Gasteiger charge is -1.97. The second kappa shape index (κ2) is 2.31. The van der Waals surface area contributed by atoms with Crippen molar-refractivity contribution in [1.29, 1.82) is 0 Å². The van der Waals surface area contributed by atoms with Crippen LogP contribution < -0.4 is 0 Å². The minimum atomic E-state index is -3.45. The molecule has 0 radical (unpaired) electrons. The standard InChI is InChI=1S/C8H8O3S/c1-6-7-4-2-3-5-8(7)12(9,10)11-6/h2-6H,1H3. The summed E-state index contributed by atoms with van der Waals surface area (Å²) in [5.41, 5.74) is 0.748. The first kappa shape index (κ1) is 7.76. The van der Waals surface area contributed by atoms with Crippen LogP contribution in [-0.2, 0) is 14.3 Å². The summed E-state index contributed by atoms with van der Waals surface area (Å²) in [5.74, 6) is 0. The lowest BCUT2D eigenvalue weighted by molar-refractivity contribution is 0.252. The predicted octanol–water partition coefficient (Wildman–Crippen LogP) is 1.47. The molecular weight excluding hydrogens is 176 g/mol. The van der Waals surface area contributed by atoms with Gasteiger partial charge in [0, 0.05) is 5.56 Å². The average molecular weight is 184 g/mol. The molecule has 1 atom stereocenters. The van der Waals surface area contributed by atoms with Gasteiger partial charge in [-0.3, -0.25) is 4.18 Å². The summed E-state index contributed by atoms with van der Waals surface area (Å²) < 4.78 is 27.3. The first-order valence-electron chi connectivity index (χ1n) is 3.63. The fourth-order valence-electron chi connectivity index (χ4n) is 1.34. The molecule has 3 nitrogen and oxygen atoms in total. The predicted molar refractivity (Wildman–Crippen MR) is 43.1 cm³/mol. The molecule has 0 aromatic heterocycles. The topological polar surface area (TPSA) is 43.4 Å². The molecule has 1 heterocycles. The van der Waals surface area contributed by atoms with Crippen LogP contribution in [0.3, 0.4) is 0 Å². The van der Waals surface area contributed by atoms with E-state index in [2.05, 4.69) is 0 Å². The molecular formula is C8H8O3S. The van der Waals surface area contributed by atoms with Crippen LogP contribution in [0.5, 0.6) is 0 Å². The first-order valence-corrected chi connectivity index (χ1v) is 5.04. The van der Waals surface area contributed by atoms with E-state index in [1.54, 1.807) is 31.2 Å². The molecule has 12 heavy (non-hydrogen) atoms. The van der Waals surface area contributed by atoms with Crippen LogP contribution in [0.2, 0.25) is 0 Å². The van der Waals surface area contributed by atoms with E-state index in [0.717, 1.165) is 5.56 Å². The van der Waals surface area contributed by atoms with Gasteiger partial charge in [0.25, 0.3) is 10.1 Å². The zero-order chi connectivity index (χ0) is 8.77. The van der Waals surface area contributed by atoms with Gasteiger partial charge in [0.2, 0.25) is 0 Å². The summed E-state index contributed by atoms with van der Waals surface area (Å²) in [6.07, 6.45) is -0.341. The minimum Gasteiger partial charge on any atom is -0.258 e. The fraction of sp³-hybridized carbons (Fsp3) is 0.250. The van der Waals surface area contributed by atoms with Crippen molar-refractivity contribution >= 4 is 10.1 Å². The Hall–Kier alpha value is -0.870. The van der Waals surface area contributed by atoms with Gasteiger partial charge in [-0.1, -0.05) is 18.2 Å². The van der Waals surface area contributed by atoms with Crippen LogP contribution in [-0.4, -0.2) is 8.42 Å². The molecule has 0 bridgehead atoms. The Morgan fingerprint density at radius 3 is 2.67 bits per heavy atom. The maximum absolute atomic E-state index is 11.2. The average Bonchev–Trinajstić information content (AvgIpc) is 2.25. The molecule has 0 amide bonds. The molecule has 1 aliphatic heterocycles. The van der Waals surface area contributed by atoms with Gasteiger partial charge in [0.05, 0.1) is 4.90 Å². The van der Waals surface area contributed by atoms with E-state index in [0.29, 0.717) is 4.90 Å². The molecule has 1 aliphatic rings. The van der Waals surface area contributed by atoms with E-state index in [1.165, 1.54) is 0 Å². The lowest BCUT2D eigenvalue weighted by atomic mass is 10.1. The van der Waals surface area contributed by atoms with E-state index in [-0.39, 0.29) is 6.10 Å². The van der Waals surface area contributed by atoms with Crippen molar-refractivity contribution in [2.24, 2.45) is 0 Å².